The first-order valence-electron chi connectivity index (χ1n) is 10.1. The number of amides is 3. The average molecular weight is 371 g/mol. The summed E-state index contributed by atoms with van der Waals surface area (Å²) in [5, 5.41) is 12.3. The van der Waals surface area contributed by atoms with E-state index in [0.717, 1.165) is 5.92 Å². The number of hydrogen-bond acceptors (Lipinski definition) is 3. The van der Waals surface area contributed by atoms with Gasteiger partial charge in [0.05, 0.1) is 0 Å². The largest absolute Gasteiger partial charge is 0.376 e. The number of carbonyl (C=O) groups is 2. The summed E-state index contributed by atoms with van der Waals surface area (Å²) in [6, 6.07) is 8.85. The van der Waals surface area contributed by atoms with E-state index in [-0.39, 0.29) is 18.7 Å². The van der Waals surface area contributed by atoms with Crippen LogP contribution in [0.25, 0.3) is 0 Å². The number of aliphatic hydroxyl groups is 1. The van der Waals surface area contributed by atoms with E-state index in [1.54, 1.807) is 4.90 Å². The number of hydrogen-bond donors (Lipinski definition) is 2. The van der Waals surface area contributed by atoms with Gasteiger partial charge in [-0.1, -0.05) is 24.3 Å². The third-order valence-electron chi connectivity index (χ3n) is 6.44. The summed E-state index contributed by atoms with van der Waals surface area (Å²) in [6.07, 6.45) is 3.67. The van der Waals surface area contributed by atoms with Gasteiger partial charge in [0.25, 0.3) is 0 Å². The molecule has 1 aromatic carbocycles. The quantitative estimate of drug-likeness (QED) is 0.687. The van der Waals surface area contributed by atoms with Gasteiger partial charge in [-0.05, 0) is 48.6 Å². The molecule has 3 aliphatic rings. The van der Waals surface area contributed by atoms with Crippen molar-refractivity contribution in [3.63, 3.8) is 0 Å². The van der Waals surface area contributed by atoms with Crippen LogP contribution in [0.3, 0.4) is 0 Å². The van der Waals surface area contributed by atoms with E-state index in [4.69, 9.17) is 0 Å². The molecule has 1 heterocycles. The standard InChI is InChI=1S/C21H29N3O3/c1-2-22-19(26)4-3-9-23(14-25)20(27)24-12-16(13-24)15-5-7-17(8-6-15)21-10-18(21)11-21/h5-8,16,18,25H,2-4,9-14H2,1H3,(H,22,26). The summed E-state index contributed by atoms with van der Waals surface area (Å²) in [5.74, 6) is 1.32. The topological polar surface area (TPSA) is 72.9 Å². The third-order valence-corrected chi connectivity index (χ3v) is 6.44. The molecule has 0 atom stereocenters. The Kier molecular flexibility index (Phi) is 4.84. The monoisotopic (exact) mass is 371 g/mol. The first-order chi connectivity index (χ1) is 13.1. The highest BCUT2D eigenvalue weighted by molar-refractivity contribution is 5.77. The van der Waals surface area contributed by atoms with Crippen LogP contribution in [0.2, 0.25) is 0 Å². The fourth-order valence-corrected chi connectivity index (χ4v) is 4.25. The first kappa shape index (κ1) is 18.3. The molecular weight excluding hydrogens is 342 g/mol. The number of urea groups is 1. The Labute approximate surface area is 160 Å². The molecule has 4 rings (SSSR count). The van der Waals surface area contributed by atoms with E-state index < -0.39 is 0 Å². The minimum absolute atomic E-state index is 0.0152. The molecular formula is C21H29N3O3. The molecule has 2 saturated carbocycles. The van der Waals surface area contributed by atoms with Gasteiger partial charge in [-0.3, -0.25) is 4.79 Å². The van der Waals surface area contributed by atoms with Crippen LogP contribution < -0.4 is 5.32 Å². The fraction of sp³-hybridized carbons (Fsp3) is 0.619. The number of aliphatic hydroxyl groups excluding tert-OH is 1. The molecule has 146 valence electrons. The summed E-state index contributed by atoms with van der Waals surface area (Å²) in [6.45, 7) is 3.96. The number of fused-ring (bicyclic) bond motifs is 1. The minimum atomic E-state index is -0.312. The van der Waals surface area contributed by atoms with Crippen molar-refractivity contribution in [2.75, 3.05) is 32.9 Å². The van der Waals surface area contributed by atoms with Gasteiger partial charge in [-0.2, -0.15) is 0 Å². The Morgan fingerprint density at radius 3 is 2.48 bits per heavy atom. The van der Waals surface area contributed by atoms with E-state index in [1.807, 2.05) is 6.92 Å². The Morgan fingerprint density at radius 1 is 1.26 bits per heavy atom. The van der Waals surface area contributed by atoms with Gasteiger partial charge in [-0.15, -0.1) is 0 Å². The van der Waals surface area contributed by atoms with Crippen LogP contribution in [-0.2, 0) is 10.2 Å². The molecule has 6 heteroatoms. The minimum Gasteiger partial charge on any atom is -0.376 e. The van der Waals surface area contributed by atoms with E-state index in [2.05, 4.69) is 29.6 Å². The van der Waals surface area contributed by atoms with Gasteiger partial charge in [0.2, 0.25) is 5.91 Å². The van der Waals surface area contributed by atoms with Gasteiger partial charge in [0.15, 0.2) is 0 Å². The maximum Gasteiger partial charge on any atom is 0.321 e. The number of likely N-dealkylation sites (tertiary alicyclic amines) is 1. The van der Waals surface area contributed by atoms with Crippen molar-refractivity contribution in [2.24, 2.45) is 5.92 Å². The molecule has 0 aromatic heterocycles. The number of benzene rings is 1. The zero-order valence-corrected chi connectivity index (χ0v) is 16.0. The Bertz CT molecular complexity index is 706. The van der Waals surface area contributed by atoms with Crippen LogP contribution in [0.15, 0.2) is 24.3 Å². The second kappa shape index (κ2) is 7.15. The lowest BCUT2D eigenvalue weighted by atomic mass is 9.90. The van der Waals surface area contributed by atoms with E-state index >= 15 is 0 Å². The molecule has 27 heavy (non-hydrogen) atoms. The number of rotatable bonds is 8. The van der Waals surface area contributed by atoms with Gasteiger partial charge >= 0.3 is 6.03 Å². The van der Waals surface area contributed by atoms with Crippen LogP contribution in [0, 0.1) is 5.92 Å². The highest BCUT2D eigenvalue weighted by Crippen LogP contribution is 2.75. The SMILES string of the molecule is CCNC(=O)CCCN(CO)C(=O)N1CC(c2ccc(C34CC3C4)cc2)C1. The van der Waals surface area contributed by atoms with Crippen LogP contribution in [0.1, 0.15) is 49.7 Å². The van der Waals surface area contributed by atoms with E-state index in [0.29, 0.717) is 50.4 Å². The smallest absolute Gasteiger partial charge is 0.321 e. The van der Waals surface area contributed by atoms with Crippen molar-refractivity contribution in [3.8, 4) is 0 Å². The lowest BCUT2D eigenvalue weighted by molar-refractivity contribution is -0.121. The van der Waals surface area contributed by atoms with Crippen LogP contribution in [0.4, 0.5) is 4.79 Å². The normalized spacial score (nSPS) is 25.4. The molecule has 2 N–H and O–H groups in total. The molecule has 3 fully saturated rings. The molecule has 0 radical (unpaired) electrons. The van der Waals surface area contributed by atoms with Crippen molar-refractivity contribution in [1.29, 1.82) is 0 Å². The molecule has 1 aliphatic heterocycles. The predicted octanol–water partition coefficient (Wildman–Crippen LogP) is 2.04. The second-order valence-electron chi connectivity index (χ2n) is 8.23. The predicted molar refractivity (Wildman–Crippen MR) is 102 cm³/mol. The molecule has 1 aromatic rings. The van der Waals surface area contributed by atoms with Crippen LogP contribution >= 0.6 is 0 Å². The molecule has 0 unspecified atom stereocenters. The highest BCUT2D eigenvalue weighted by atomic mass is 16.3. The molecule has 3 amide bonds. The summed E-state index contributed by atoms with van der Waals surface area (Å²) in [5.41, 5.74) is 3.33. The van der Waals surface area contributed by atoms with Gasteiger partial charge < -0.3 is 20.2 Å². The zero-order chi connectivity index (χ0) is 19.0. The molecule has 0 spiro atoms. The maximum absolute atomic E-state index is 12.5. The van der Waals surface area contributed by atoms with Gasteiger partial charge in [0.1, 0.15) is 6.73 Å². The fourth-order valence-electron chi connectivity index (χ4n) is 4.25. The summed E-state index contributed by atoms with van der Waals surface area (Å²) >= 11 is 0. The molecule has 6 nitrogen and oxygen atoms in total. The van der Waals surface area contributed by atoms with E-state index in [1.165, 1.54) is 28.9 Å². The van der Waals surface area contributed by atoms with Crippen molar-refractivity contribution >= 4 is 11.9 Å². The maximum atomic E-state index is 12.5. The Hall–Kier alpha value is -2.08. The lowest BCUT2D eigenvalue weighted by Crippen LogP contribution is -2.54. The molecule has 1 saturated heterocycles. The van der Waals surface area contributed by atoms with Crippen molar-refractivity contribution < 1.29 is 14.7 Å². The van der Waals surface area contributed by atoms with Crippen molar-refractivity contribution in [1.82, 2.24) is 15.1 Å². The first-order valence-corrected chi connectivity index (χ1v) is 10.1. The van der Waals surface area contributed by atoms with Crippen molar-refractivity contribution in [2.45, 2.75) is 43.9 Å². The average Bonchev–Trinajstić information content (AvgIpc) is 3.48. The van der Waals surface area contributed by atoms with Gasteiger partial charge in [-0.25, -0.2) is 4.79 Å². The molecule has 0 bridgehead atoms. The van der Waals surface area contributed by atoms with Gasteiger partial charge in [0, 0.05) is 38.5 Å². The summed E-state index contributed by atoms with van der Waals surface area (Å²) in [7, 11) is 0. The zero-order valence-electron chi connectivity index (χ0n) is 16.0. The van der Waals surface area contributed by atoms with E-state index in [9.17, 15) is 14.7 Å². The number of carbonyl (C=O) groups excluding carboxylic acids is 2. The summed E-state index contributed by atoms with van der Waals surface area (Å²) in [4.78, 5) is 27.2. The van der Waals surface area contributed by atoms with Crippen molar-refractivity contribution in [3.05, 3.63) is 35.4 Å². The second-order valence-corrected chi connectivity index (χ2v) is 8.23. The van der Waals surface area contributed by atoms with Crippen LogP contribution in [0.5, 0.6) is 0 Å². The van der Waals surface area contributed by atoms with Crippen LogP contribution in [-0.4, -0.2) is 59.8 Å². The Balaban J connectivity index is 1.22. The molecule has 2 aliphatic carbocycles. The Morgan fingerprint density at radius 2 is 1.93 bits per heavy atom. The lowest BCUT2D eigenvalue weighted by Gasteiger charge is -2.42. The third kappa shape index (κ3) is 3.55. The number of nitrogens with zero attached hydrogens (tertiary/aromatic N) is 2. The highest BCUT2D eigenvalue weighted by Gasteiger charge is 2.70. The number of nitrogens with one attached hydrogen (secondary N) is 1. The summed E-state index contributed by atoms with van der Waals surface area (Å²) < 4.78 is 0.